The lowest BCUT2D eigenvalue weighted by atomic mass is 10.1. The molecule has 1 aromatic rings. The highest BCUT2D eigenvalue weighted by molar-refractivity contribution is 7.79. The molecule has 1 heterocycles. The van der Waals surface area contributed by atoms with Crippen molar-refractivity contribution in [3.8, 4) is 5.75 Å². The van der Waals surface area contributed by atoms with Crippen LogP contribution < -0.4 is 0 Å². The molecule has 1 saturated heterocycles. The number of hydrogen-bond acceptors (Lipinski definition) is 4. The van der Waals surface area contributed by atoms with E-state index in [-0.39, 0.29) is 11.8 Å². The van der Waals surface area contributed by atoms with Gasteiger partial charge >= 0.3 is 0 Å². The predicted octanol–water partition coefficient (Wildman–Crippen LogP) is 1.90. The number of halogens is 1. The Hall–Kier alpha value is -1.04. The molecule has 0 spiro atoms. The molecule has 5 heteroatoms. The highest BCUT2D eigenvalue weighted by Crippen LogP contribution is 2.28. The second kappa shape index (κ2) is 5.53. The zero-order valence-corrected chi connectivity index (χ0v) is 10.1. The smallest absolute Gasteiger partial charge is 0.126 e. The lowest BCUT2D eigenvalue weighted by Gasteiger charge is -2.32. The summed E-state index contributed by atoms with van der Waals surface area (Å²) in [5, 5.41) is 11.4. The van der Waals surface area contributed by atoms with Gasteiger partial charge in [0, 0.05) is 30.1 Å². The van der Waals surface area contributed by atoms with E-state index in [2.05, 4.69) is 4.90 Å². The molecule has 1 atom stereocenters. The molecule has 1 aromatic carbocycles. The van der Waals surface area contributed by atoms with E-state index < -0.39 is 5.82 Å². The van der Waals surface area contributed by atoms with E-state index in [0.717, 1.165) is 19.2 Å². The van der Waals surface area contributed by atoms with E-state index in [1.54, 1.807) is 11.4 Å². The fraction of sp³-hybridized carbons (Fsp3) is 0.417. The molecule has 0 radical (unpaired) electrons. The minimum Gasteiger partial charge on any atom is -0.507 e. The van der Waals surface area contributed by atoms with Crippen LogP contribution in [0.3, 0.4) is 0 Å². The summed E-state index contributed by atoms with van der Waals surface area (Å²) in [5.74, 6) is -0.501. The van der Waals surface area contributed by atoms with Crippen molar-refractivity contribution in [2.45, 2.75) is 6.04 Å². The molecule has 0 aliphatic carbocycles. The Morgan fingerprint density at radius 1 is 1.41 bits per heavy atom. The average Bonchev–Trinajstić information content (AvgIpc) is 2.34. The van der Waals surface area contributed by atoms with E-state index in [9.17, 15) is 9.50 Å². The molecule has 0 aromatic heterocycles. The minimum atomic E-state index is -0.448. The summed E-state index contributed by atoms with van der Waals surface area (Å²) in [5.41, 5.74) is 0.642. The molecule has 1 aliphatic rings. The van der Waals surface area contributed by atoms with Crippen molar-refractivity contribution in [2.75, 3.05) is 26.3 Å². The van der Waals surface area contributed by atoms with Crippen molar-refractivity contribution in [3.63, 3.8) is 0 Å². The Labute approximate surface area is 105 Å². The third kappa shape index (κ3) is 2.80. The van der Waals surface area contributed by atoms with Crippen molar-refractivity contribution in [1.29, 1.82) is 0 Å². The van der Waals surface area contributed by atoms with Crippen LogP contribution in [-0.2, 0) is 4.74 Å². The normalized spacial score (nSPS) is 18.9. The molecule has 1 fully saturated rings. The van der Waals surface area contributed by atoms with Crippen LogP contribution >= 0.6 is 12.2 Å². The van der Waals surface area contributed by atoms with Crippen LogP contribution in [0.25, 0.3) is 0 Å². The predicted molar refractivity (Wildman–Crippen MR) is 66.9 cm³/mol. The van der Waals surface area contributed by atoms with E-state index in [0.29, 0.717) is 18.8 Å². The molecule has 3 nitrogen and oxygen atoms in total. The quantitative estimate of drug-likeness (QED) is 0.836. The fourth-order valence-electron chi connectivity index (χ4n) is 1.98. The Bertz CT molecular complexity index is 407. The molecular weight excluding hydrogens is 241 g/mol. The van der Waals surface area contributed by atoms with Gasteiger partial charge in [0.2, 0.25) is 0 Å². The first-order valence-electron chi connectivity index (χ1n) is 5.48. The lowest BCUT2D eigenvalue weighted by molar-refractivity contribution is 0.0294. The molecule has 17 heavy (non-hydrogen) atoms. The zero-order chi connectivity index (χ0) is 12.3. The molecule has 1 N–H and O–H groups in total. The van der Waals surface area contributed by atoms with Crippen LogP contribution in [0.4, 0.5) is 4.39 Å². The maximum Gasteiger partial charge on any atom is 0.126 e. The zero-order valence-electron chi connectivity index (χ0n) is 9.30. The fourth-order valence-corrected chi connectivity index (χ4v) is 2.30. The van der Waals surface area contributed by atoms with Crippen molar-refractivity contribution in [3.05, 3.63) is 29.6 Å². The summed E-state index contributed by atoms with van der Waals surface area (Å²) in [6.07, 6.45) is 0. The van der Waals surface area contributed by atoms with E-state index in [1.165, 1.54) is 6.07 Å². The highest BCUT2D eigenvalue weighted by atomic mass is 32.1. The van der Waals surface area contributed by atoms with Crippen LogP contribution in [0.5, 0.6) is 5.75 Å². The summed E-state index contributed by atoms with van der Waals surface area (Å²) < 4.78 is 18.2. The van der Waals surface area contributed by atoms with Crippen molar-refractivity contribution in [2.24, 2.45) is 0 Å². The van der Waals surface area contributed by atoms with Crippen LogP contribution in [-0.4, -0.2) is 41.7 Å². The second-order valence-electron chi connectivity index (χ2n) is 3.93. The van der Waals surface area contributed by atoms with E-state index >= 15 is 0 Å². The summed E-state index contributed by atoms with van der Waals surface area (Å²) in [6, 6.07) is 3.85. The summed E-state index contributed by atoms with van der Waals surface area (Å²) in [6.45, 7) is 2.83. The number of aromatic hydroxyl groups is 1. The highest BCUT2D eigenvalue weighted by Gasteiger charge is 2.22. The number of benzene rings is 1. The number of morpholine rings is 1. The topological polar surface area (TPSA) is 32.7 Å². The van der Waals surface area contributed by atoms with E-state index in [1.807, 2.05) is 0 Å². The number of nitrogens with zero attached hydrogens (tertiary/aromatic N) is 1. The molecule has 2 rings (SSSR count). The van der Waals surface area contributed by atoms with Gasteiger partial charge in [-0.25, -0.2) is 4.39 Å². The van der Waals surface area contributed by atoms with Crippen LogP contribution in [0, 0.1) is 5.82 Å². The summed E-state index contributed by atoms with van der Waals surface area (Å²) >= 11 is 5.02. The van der Waals surface area contributed by atoms with Gasteiger partial charge in [-0.15, -0.1) is 0 Å². The number of ether oxygens (including phenoxy) is 1. The first kappa shape index (κ1) is 12.4. The molecule has 0 amide bonds. The van der Waals surface area contributed by atoms with Gasteiger partial charge in [0.25, 0.3) is 0 Å². The van der Waals surface area contributed by atoms with Crippen molar-refractivity contribution in [1.82, 2.24) is 4.90 Å². The van der Waals surface area contributed by atoms with Gasteiger partial charge in [0.05, 0.1) is 19.3 Å². The van der Waals surface area contributed by atoms with Gasteiger partial charge in [-0.2, -0.15) is 0 Å². The maximum absolute atomic E-state index is 12.9. The Balaban J connectivity index is 2.24. The summed E-state index contributed by atoms with van der Waals surface area (Å²) in [4.78, 5) is 2.11. The monoisotopic (exact) mass is 255 g/mol. The lowest BCUT2D eigenvalue weighted by Crippen LogP contribution is -2.39. The van der Waals surface area contributed by atoms with Crippen LogP contribution in [0.15, 0.2) is 18.2 Å². The third-order valence-electron chi connectivity index (χ3n) is 2.88. The van der Waals surface area contributed by atoms with Gasteiger partial charge < -0.3 is 9.84 Å². The standard InChI is InChI=1S/C12H14FNO2S/c13-9-1-2-10(12(15)7-9)11(8-17)14-3-5-16-6-4-14/h1-2,7-8,11,15H,3-6H2/t11-/m1/s1. The average molecular weight is 255 g/mol. The second-order valence-corrected chi connectivity index (χ2v) is 4.20. The van der Waals surface area contributed by atoms with Gasteiger partial charge in [-0.1, -0.05) is 18.3 Å². The van der Waals surface area contributed by atoms with Gasteiger partial charge in [-0.3, -0.25) is 4.90 Å². The Morgan fingerprint density at radius 2 is 2.12 bits per heavy atom. The maximum atomic E-state index is 12.9. The Kier molecular flexibility index (Phi) is 4.04. The molecule has 0 saturated carbocycles. The van der Waals surface area contributed by atoms with Gasteiger partial charge in [0.15, 0.2) is 0 Å². The van der Waals surface area contributed by atoms with Crippen LogP contribution in [0.2, 0.25) is 0 Å². The molecule has 1 aliphatic heterocycles. The SMILES string of the molecule is Oc1cc(F)ccc1[C@@H](C=S)N1CCOCC1. The molecule has 0 bridgehead atoms. The number of phenolic OH excluding ortho intramolecular Hbond substituents is 1. The third-order valence-corrected chi connectivity index (χ3v) is 3.14. The van der Waals surface area contributed by atoms with Gasteiger partial charge in [-0.05, 0) is 6.07 Å². The number of thiocarbonyl (C=S) groups is 1. The first-order valence-corrected chi connectivity index (χ1v) is 5.95. The van der Waals surface area contributed by atoms with E-state index in [4.69, 9.17) is 17.0 Å². The van der Waals surface area contributed by atoms with Crippen molar-refractivity contribution >= 4 is 17.6 Å². The number of phenols is 1. The summed E-state index contributed by atoms with van der Waals surface area (Å²) in [7, 11) is 0. The molecule has 0 unspecified atom stereocenters. The largest absolute Gasteiger partial charge is 0.507 e. The number of rotatable bonds is 3. The number of hydrogen-bond donors (Lipinski definition) is 1. The van der Waals surface area contributed by atoms with Crippen molar-refractivity contribution < 1.29 is 14.2 Å². The van der Waals surface area contributed by atoms with Crippen LogP contribution in [0.1, 0.15) is 11.6 Å². The molecular formula is C12H14FNO2S. The van der Waals surface area contributed by atoms with Gasteiger partial charge in [0.1, 0.15) is 11.6 Å². The minimum absolute atomic E-state index is 0.0532. The Morgan fingerprint density at radius 3 is 2.71 bits per heavy atom. The first-order chi connectivity index (χ1) is 8.22. The molecule has 92 valence electrons.